The Kier molecular flexibility index (Phi) is 3.27. The SMILES string of the molecule is Cn1nnc(CC(O)C2OCCc3ccccc32)n1. The first kappa shape index (κ1) is 12.3. The number of aromatic nitrogens is 4. The van der Waals surface area contributed by atoms with Gasteiger partial charge in [0.1, 0.15) is 6.10 Å². The molecule has 2 atom stereocenters. The third-order valence-electron chi connectivity index (χ3n) is 3.32. The van der Waals surface area contributed by atoms with Crippen molar-refractivity contribution in [1.82, 2.24) is 20.2 Å². The Hall–Kier alpha value is -1.79. The van der Waals surface area contributed by atoms with Gasteiger partial charge in [-0.2, -0.15) is 4.80 Å². The Morgan fingerprint density at radius 2 is 2.32 bits per heavy atom. The van der Waals surface area contributed by atoms with Crippen molar-refractivity contribution in [2.75, 3.05) is 6.61 Å². The van der Waals surface area contributed by atoms with E-state index in [1.807, 2.05) is 18.2 Å². The van der Waals surface area contributed by atoms with Crippen LogP contribution >= 0.6 is 0 Å². The second kappa shape index (κ2) is 5.07. The van der Waals surface area contributed by atoms with Crippen LogP contribution in [-0.2, 0) is 24.6 Å². The molecular formula is C13H16N4O2. The Morgan fingerprint density at radius 1 is 1.47 bits per heavy atom. The summed E-state index contributed by atoms with van der Waals surface area (Å²) in [7, 11) is 1.70. The molecule has 2 aromatic rings. The van der Waals surface area contributed by atoms with Crippen molar-refractivity contribution in [3.05, 3.63) is 41.2 Å². The summed E-state index contributed by atoms with van der Waals surface area (Å²) in [5, 5.41) is 22.1. The number of hydrogen-bond donors (Lipinski definition) is 1. The summed E-state index contributed by atoms with van der Waals surface area (Å²) in [5.41, 5.74) is 2.30. The first-order valence-electron chi connectivity index (χ1n) is 6.34. The fraction of sp³-hybridized carbons (Fsp3) is 0.462. The number of aryl methyl sites for hydroxylation is 1. The van der Waals surface area contributed by atoms with Crippen molar-refractivity contribution in [2.24, 2.45) is 7.05 Å². The summed E-state index contributed by atoms with van der Waals surface area (Å²) in [6, 6.07) is 8.07. The van der Waals surface area contributed by atoms with Gasteiger partial charge in [-0.1, -0.05) is 24.3 Å². The number of aliphatic hydroxyl groups is 1. The molecule has 1 aliphatic heterocycles. The summed E-state index contributed by atoms with van der Waals surface area (Å²) < 4.78 is 5.71. The van der Waals surface area contributed by atoms with Crippen molar-refractivity contribution in [3.63, 3.8) is 0 Å². The zero-order chi connectivity index (χ0) is 13.2. The van der Waals surface area contributed by atoms with Crippen LogP contribution in [0.4, 0.5) is 0 Å². The molecule has 1 aromatic heterocycles. The first-order valence-corrected chi connectivity index (χ1v) is 6.34. The van der Waals surface area contributed by atoms with Crippen molar-refractivity contribution in [3.8, 4) is 0 Å². The molecule has 1 aromatic carbocycles. The van der Waals surface area contributed by atoms with E-state index < -0.39 is 6.10 Å². The fourth-order valence-electron chi connectivity index (χ4n) is 2.44. The van der Waals surface area contributed by atoms with E-state index in [1.165, 1.54) is 10.4 Å². The third-order valence-corrected chi connectivity index (χ3v) is 3.32. The molecule has 2 unspecified atom stereocenters. The van der Waals surface area contributed by atoms with Crippen LogP contribution in [0, 0.1) is 0 Å². The predicted molar refractivity (Wildman–Crippen MR) is 67.3 cm³/mol. The standard InChI is InChI=1S/C13H16N4O2/c1-17-15-12(14-16-17)8-11(18)13-10-5-3-2-4-9(10)6-7-19-13/h2-5,11,13,18H,6-8H2,1H3. The topological polar surface area (TPSA) is 73.1 Å². The molecule has 0 fully saturated rings. The second-order valence-corrected chi connectivity index (χ2v) is 4.71. The van der Waals surface area contributed by atoms with Gasteiger partial charge in [0.05, 0.1) is 19.8 Å². The minimum Gasteiger partial charge on any atom is -0.390 e. The molecule has 6 heteroatoms. The molecule has 19 heavy (non-hydrogen) atoms. The minimum absolute atomic E-state index is 0.311. The van der Waals surface area contributed by atoms with Gasteiger partial charge in [-0.25, -0.2) is 0 Å². The number of hydrogen-bond acceptors (Lipinski definition) is 5. The number of aliphatic hydroxyl groups excluding tert-OH is 1. The highest BCUT2D eigenvalue weighted by molar-refractivity contribution is 5.31. The maximum absolute atomic E-state index is 10.3. The molecule has 1 N–H and O–H groups in total. The van der Waals surface area contributed by atoms with Crippen molar-refractivity contribution >= 4 is 0 Å². The molecular weight excluding hydrogens is 244 g/mol. The van der Waals surface area contributed by atoms with E-state index in [-0.39, 0.29) is 6.10 Å². The lowest BCUT2D eigenvalue weighted by Gasteiger charge is -2.29. The van der Waals surface area contributed by atoms with Crippen molar-refractivity contribution < 1.29 is 9.84 Å². The van der Waals surface area contributed by atoms with Gasteiger partial charge in [0, 0.05) is 6.42 Å². The number of fused-ring (bicyclic) bond motifs is 1. The monoisotopic (exact) mass is 260 g/mol. The summed E-state index contributed by atoms with van der Waals surface area (Å²) in [4.78, 5) is 1.39. The van der Waals surface area contributed by atoms with Crippen LogP contribution < -0.4 is 0 Å². The van der Waals surface area contributed by atoms with E-state index in [9.17, 15) is 5.11 Å². The Labute approximate surface area is 111 Å². The van der Waals surface area contributed by atoms with Crippen LogP contribution in [-0.4, -0.2) is 38.0 Å². The molecule has 0 bridgehead atoms. The summed E-state index contributed by atoms with van der Waals surface area (Å²) in [6.07, 6.45) is 0.259. The summed E-state index contributed by atoms with van der Waals surface area (Å²) in [5.74, 6) is 0.529. The molecule has 100 valence electrons. The lowest BCUT2D eigenvalue weighted by molar-refractivity contribution is -0.0467. The zero-order valence-electron chi connectivity index (χ0n) is 10.7. The minimum atomic E-state index is -0.661. The van der Waals surface area contributed by atoms with Crippen LogP contribution in [0.3, 0.4) is 0 Å². The molecule has 0 radical (unpaired) electrons. The Morgan fingerprint density at radius 3 is 3.11 bits per heavy atom. The van der Waals surface area contributed by atoms with Crippen molar-refractivity contribution in [1.29, 1.82) is 0 Å². The molecule has 6 nitrogen and oxygen atoms in total. The highest BCUT2D eigenvalue weighted by atomic mass is 16.5. The second-order valence-electron chi connectivity index (χ2n) is 4.71. The largest absolute Gasteiger partial charge is 0.390 e. The van der Waals surface area contributed by atoms with Gasteiger partial charge in [-0.05, 0) is 22.8 Å². The average molecular weight is 260 g/mol. The Bertz CT molecular complexity index is 569. The van der Waals surface area contributed by atoms with Crippen LogP contribution in [0.15, 0.2) is 24.3 Å². The number of tetrazole rings is 1. The zero-order valence-corrected chi connectivity index (χ0v) is 10.7. The smallest absolute Gasteiger partial charge is 0.177 e. The quantitative estimate of drug-likeness (QED) is 0.866. The van der Waals surface area contributed by atoms with Gasteiger partial charge in [0.2, 0.25) is 0 Å². The highest BCUT2D eigenvalue weighted by Gasteiger charge is 2.28. The number of rotatable bonds is 3. The molecule has 0 aliphatic carbocycles. The normalized spacial score (nSPS) is 20.0. The van der Waals surface area contributed by atoms with Gasteiger partial charge in [-0.3, -0.25) is 0 Å². The van der Waals surface area contributed by atoms with Crippen LogP contribution in [0.25, 0.3) is 0 Å². The summed E-state index contributed by atoms with van der Waals surface area (Å²) in [6.45, 7) is 0.632. The lowest BCUT2D eigenvalue weighted by Crippen LogP contribution is -2.29. The summed E-state index contributed by atoms with van der Waals surface area (Å²) >= 11 is 0. The van der Waals surface area contributed by atoms with Crippen LogP contribution in [0.5, 0.6) is 0 Å². The average Bonchev–Trinajstić information content (AvgIpc) is 2.83. The number of ether oxygens (including phenoxy) is 1. The van der Waals surface area contributed by atoms with E-state index in [4.69, 9.17) is 4.74 Å². The third kappa shape index (κ3) is 2.50. The Balaban J connectivity index is 1.79. The van der Waals surface area contributed by atoms with Crippen LogP contribution in [0.1, 0.15) is 23.1 Å². The first-order chi connectivity index (χ1) is 9.24. The number of nitrogens with zero attached hydrogens (tertiary/aromatic N) is 4. The van der Waals surface area contributed by atoms with Gasteiger partial charge in [0.25, 0.3) is 0 Å². The number of benzene rings is 1. The van der Waals surface area contributed by atoms with Crippen LogP contribution in [0.2, 0.25) is 0 Å². The molecule has 3 rings (SSSR count). The maximum atomic E-state index is 10.3. The lowest BCUT2D eigenvalue weighted by atomic mass is 9.93. The van der Waals surface area contributed by atoms with E-state index in [0.29, 0.717) is 18.9 Å². The van der Waals surface area contributed by atoms with Gasteiger partial charge < -0.3 is 9.84 Å². The van der Waals surface area contributed by atoms with E-state index in [1.54, 1.807) is 7.05 Å². The van der Waals surface area contributed by atoms with Gasteiger partial charge >= 0.3 is 0 Å². The van der Waals surface area contributed by atoms with E-state index >= 15 is 0 Å². The van der Waals surface area contributed by atoms with Gasteiger partial charge in [0.15, 0.2) is 5.82 Å². The molecule has 0 spiro atoms. The highest BCUT2D eigenvalue weighted by Crippen LogP contribution is 2.30. The van der Waals surface area contributed by atoms with Crippen molar-refractivity contribution in [2.45, 2.75) is 25.0 Å². The van der Waals surface area contributed by atoms with Gasteiger partial charge in [-0.15, -0.1) is 10.2 Å². The fourth-order valence-corrected chi connectivity index (χ4v) is 2.44. The predicted octanol–water partition coefficient (Wildman–Crippen LogP) is 0.427. The van der Waals surface area contributed by atoms with E-state index in [0.717, 1.165) is 12.0 Å². The molecule has 2 heterocycles. The molecule has 0 saturated heterocycles. The molecule has 0 saturated carbocycles. The molecule has 1 aliphatic rings. The maximum Gasteiger partial charge on any atom is 0.177 e. The molecule has 0 amide bonds. The van der Waals surface area contributed by atoms with E-state index in [2.05, 4.69) is 21.5 Å².